The van der Waals surface area contributed by atoms with Crippen LogP contribution in [-0.4, -0.2) is 6.47 Å². The summed E-state index contributed by atoms with van der Waals surface area (Å²) in [5, 5.41) is 0.930. The third-order valence-electron chi connectivity index (χ3n) is 1.28. The van der Waals surface area contributed by atoms with Gasteiger partial charge in [0.1, 0.15) is 6.61 Å². The summed E-state index contributed by atoms with van der Waals surface area (Å²) in [6.45, 7) is 1.49. The van der Waals surface area contributed by atoms with Crippen molar-refractivity contribution in [2.45, 2.75) is 6.61 Å². The lowest BCUT2D eigenvalue weighted by atomic mass is 10.2. The number of hydrogen-bond donors (Lipinski definition) is 0. The molecular formula is C8H5Cl2O2. The van der Waals surface area contributed by atoms with E-state index in [1.165, 1.54) is 6.47 Å². The maximum Gasteiger partial charge on any atom is 0.417 e. The van der Waals surface area contributed by atoms with Crippen LogP contribution < -0.4 is 0 Å². The summed E-state index contributed by atoms with van der Waals surface area (Å²) in [6.07, 6.45) is 0. The molecule has 0 amide bonds. The zero-order chi connectivity index (χ0) is 8.97. The lowest BCUT2D eigenvalue weighted by molar-refractivity contribution is 0.267. The highest BCUT2D eigenvalue weighted by atomic mass is 35.5. The summed E-state index contributed by atoms with van der Waals surface area (Å²) >= 11 is 11.4. The molecule has 0 atom stereocenters. The van der Waals surface area contributed by atoms with Crippen LogP contribution in [0.15, 0.2) is 18.2 Å². The van der Waals surface area contributed by atoms with E-state index < -0.39 is 0 Å². The minimum Gasteiger partial charge on any atom is -0.452 e. The second-order valence-corrected chi connectivity index (χ2v) is 2.93. The first-order chi connectivity index (χ1) is 5.74. The fourth-order valence-corrected chi connectivity index (χ4v) is 1.06. The van der Waals surface area contributed by atoms with Crippen molar-refractivity contribution < 1.29 is 9.53 Å². The fourth-order valence-electron chi connectivity index (χ4n) is 0.742. The molecule has 0 aromatic heterocycles. The Hall–Kier alpha value is -0.730. The molecule has 1 rings (SSSR count). The molecule has 0 saturated carbocycles. The van der Waals surface area contributed by atoms with Gasteiger partial charge in [-0.15, -0.1) is 0 Å². The number of halogens is 2. The number of benzene rings is 1. The molecule has 1 aromatic carbocycles. The number of carbonyl (C=O) groups excluding carboxylic acids is 1. The van der Waals surface area contributed by atoms with Crippen molar-refractivity contribution in [3.8, 4) is 0 Å². The van der Waals surface area contributed by atoms with Gasteiger partial charge in [-0.25, -0.2) is 4.79 Å². The maximum absolute atomic E-state index is 9.72. The van der Waals surface area contributed by atoms with Gasteiger partial charge in [0.15, 0.2) is 0 Å². The Balaban J connectivity index is 2.75. The van der Waals surface area contributed by atoms with E-state index in [1.54, 1.807) is 18.2 Å². The Bertz CT molecular complexity index is 286. The normalized spacial score (nSPS) is 9.50. The number of hydrogen-bond acceptors (Lipinski definition) is 2. The minimum absolute atomic E-state index is 0.167. The van der Waals surface area contributed by atoms with Crippen LogP contribution >= 0.6 is 23.2 Å². The lowest BCUT2D eigenvalue weighted by Crippen LogP contribution is -1.89. The average molecular weight is 204 g/mol. The Morgan fingerprint density at radius 3 is 2.67 bits per heavy atom. The van der Waals surface area contributed by atoms with Gasteiger partial charge >= 0.3 is 6.47 Å². The maximum atomic E-state index is 9.72. The SMILES string of the molecule is O=[C]OCc1ccc(Cl)c(Cl)c1. The van der Waals surface area contributed by atoms with Gasteiger partial charge in [0, 0.05) is 0 Å². The van der Waals surface area contributed by atoms with Gasteiger partial charge in [0.05, 0.1) is 10.0 Å². The van der Waals surface area contributed by atoms with Crippen LogP contribution in [0, 0.1) is 0 Å². The van der Waals surface area contributed by atoms with Gasteiger partial charge in [0.2, 0.25) is 0 Å². The summed E-state index contributed by atoms with van der Waals surface area (Å²) in [5.74, 6) is 0. The molecule has 2 nitrogen and oxygen atoms in total. The zero-order valence-electron chi connectivity index (χ0n) is 6.01. The molecule has 0 saturated heterocycles. The summed E-state index contributed by atoms with van der Waals surface area (Å²) in [4.78, 5) is 9.72. The Morgan fingerprint density at radius 1 is 1.33 bits per heavy atom. The van der Waals surface area contributed by atoms with Crippen LogP contribution in [-0.2, 0) is 16.1 Å². The van der Waals surface area contributed by atoms with Crippen LogP contribution in [0.25, 0.3) is 0 Å². The summed E-state index contributed by atoms with van der Waals surface area (Å²) < 4.78 is 4.41. The van der Waals surface area contributed by atoms with E-state index in [4.69, 9.17) is 23.2 Å². The molecule has 0 aliphatic carbocycles. The average Bonchev–Trinajstić information content (AvgIpc) is 2.07. The standard InChI is InChI=1S/C8H5Cl2O2/c9-7-2-1-6(3-8(7)10)4-12-5-11/h1-3H,4H2. The van der Waals surface area contributed by atoms with E-state index in [-0.39, 0.29) is 6.61 Å². The van der Waals surface area contributed by atoms with E-state index in [9.17, 15) is 4.79 Å². The number of ether oxygens (including phenoxy) is 1. The topological polar surface area (TPSA) is 26.3 Å². The smallest absolute Gasteiger partial charge is 0.417 e. The van der Waals surface area contributed by atoms with E-state index in [1.807, 2.05) is 0 Å². The van der Waals surface area contributed by atoms with E-state index in [0.29, 0.717) is 10.0 Å². The van der Waals surface area contributed by atoms with Crippen LogP contribution in [0.1, 0.15) is 5.56 Å². The van der Waals surface area contributed by atoms with Gasteiger partial charge in [-0.3, -0.25) is 0 Å². The lowest BCUT2D eigenvalue weighted by Gasteiger charge is -2.00. The zero-order valence-corrected chi connectivity index (χ0v) is 7.52. The minimum atomic E-state index is 0.167. The van der Waals surface area contributed by atoms with Crippen LogP contribution in [0.4, 0.5) is 0 Å². The molecule has 1 aromatic rings. The molecule has 0 aliphatic heterocycles. The molecule has 0 heterocycles. The molecule has 0 fully saturated rings. The van der Waals surface area contributed by atoms with E-state index in [2.05, 4.69) is 4.74 Å². The predicted molar refractivity (Wildman–Crippen MR) is 46.9 cm³/mol. The van der Waals surface area contributed by atoms with Crippen molar-refractivity contribution in [1.82, 2.24) is 0 Å². The second kappa shape index (κ2) is 4.33. The molecule has 63 valence electrons. The van der Waals surface area contributed by atoms with Crippen molar-refractivity contribution in [2.24, 2.45) is 0 Å². The van der Waals surface area contributed by atoms with Crippen molar-refractivity contribution in [2.75, 3.05) is 0 Å². The highest BCUT2D eigenvalue weighted by molar-refractivity contribution is 6.41. The fraction of sp³-hybridized carbons (Fsp3) is 0.125. The molecule has 0 N–H and O–H groups in total. The van der Waals surface area contributed by atoms with Crippen LogP contribution in [0.3, 0.4) is 0 Å². The summed E-state index contributed by atoms with van der Waals surface area (Å²) in [6, 6.07) is 5.01. The Kier molecular flexibility index (Phi) is 3.38. The van der Waals surface area contributed by atoms with Crippen molar-refractivity contribution in [3.05, 3.63) is 33.8 Å². The monoisotopic (exact) mass is 203 g/mol. The first-order valence-corrected chi connectivity index (χ1v) is 3.92. The van der Waals surface area contributed by atoms with Crippen LogP contribution in [0.5, 0.6) is 0 Å². The number of rotatable bonds is 3. The molecule has 0 spiro atoms. The third kappa shape index (κ3) is 2.40. The van der Waals surface area contributed by atoms with Crippen molar-refractivity contribution in [3.63, 3.8) is 0 Å². The molecular weight excluding hydrogens is 199 g/mol. The summed E-state index contributed by atoms with van der Waals surface area (Å²) in [7, 11) is 0. The van der Waals surface area contributed by atoms with Crippen LogP contribution in [0.2, 0.25) is 10.0 Å². The molecule has 4 heteroatoms. The molecule has 0 aliphatic rings. The summed E-state index contributed by atoms with van der Waals surface area (Å²) in [5.41, 5.74) is 0.785. The van der Waals surface area contributed by atoms with Gasteiger partial charge < -0.3 is 4.74 Å². The highest BCUT2D eigenvalue weighted by Crippen LogP contribution is 2.22. The van der Waals surface area contributed by atoms with Gasteiger partial charge in [-0.2, -0.15) is 0 Å². The largest absolute Gasteiger partial charge is 0.452 e. The second-order valence-electron chi connectivity index (χ2n) is 2.12. The third-order valence-corrected chi connectivity index (χ3v) is 2.02. The van der Waals surface area contributed by atoms with Gasteiger partial charge in [-0.05, 0) is 17.7 Å². The first-order valence-electron chi connectivity index (χ1n) is 3.17. The quantitative estimate of drug-likeness (QED) is 0.756. The van der Waals surface area contributed by atoms with E-state index in [0.717, 1.165) is 5.56 Å². The Morgan fingerprint density at radius 2 is 2.08 bits per heavy atom. The van der Waals surface area contributed by atoms with Gasteiger partial charge in [-0.1, -0.05) is 29.3 Å². The predicted octanol–water partition coefficient (Wildman–Crippen LogP) is 2.58. The molecule has 0 bridgehead atoms. The molecule has 1 radical (unpaired) electrons. The van der Waals surface area contributed by atoms with Crippen molar-refractivity contribution in [1.29, 1.82) is 0 Å². The van der Waals surface area contributed by atoms with Gasteiger partial charge in [0.25, 0.3) is 0 Å². The van der Waals surface area contributed by atoms with E-state index >= 15 is 0 Å². The first kappa shape index (κ1) is 9.36. The Labute approximate surface area is 80.0 Å². The highest BCUT2D eigenvalue weighted by Gasteiger charge is 1.99. The molecule has 0 unspecified atom stereocenters. The molecule has 12 heavy (non-hydrogen) atoms. The van der Waals surface area contributed by atoms with Crippen molar-refractivity contribution >= 4 is 29.7 Å².